The largest absolute Gasteiger partial charge is 0.522 e. The highest BCUT2D eigenvalue weighted by molar-refractivity contribution is 6.61. The molecule has 0 aromatic rings. The first-order valence-electron chi connectivity index (χ1n) is 6.94. The lowest BCUT2D eigenvalue weighted by Gasteiger charge is -2.44. The Balaban J connectivity index is 5.20. The molecule has 0 rings (SSSR count). The normalized spacial score (nSPS) is 12.7. The highest BCUT2D eigenvalue weighted by Crippen LogP contribution is 2.19. The highest BCUT2D eigenvalue weighted by atomic mass is 28.4. The van der Waals surface area contributed by atoms with E-state index in [2.05, 4.69) is 36.8 Å². The average molecular weight is 262 g/mol. The number of hydrogen-bond acceptors (Lipinski definition) is 4. The van der Waals surface area contributed by atoms with E-state index in [1.165, 1.54) is 0 Å². The Bertz CT molecular complexity index is 165. The zero-order valence-corrected chi connectivity index (χ0v) is 13.5. The van der Waals surface area contributed by atoms with E-state index in [0.29, 0.717) is 13.2 Å². The summed E-state index contributed by atoms with van der Waals surface area (Å²) >= 11 is 0. The van der Waals surface area contributed by atoms with Gasteiger partial charge in [0.25, 0.3) is 0 Å². The second-order valence-electron chi connectivity index (χ2n) is 3.76. The molecule has 0 unspecified atom stereocenters. The van der Waals surface area contributed by atoms with Crippen LogP contribution >= 0.6 is 0 Å². The summed E-state index contributed by atoms with van der Waals surface area (Å²) in [4.78, 5) is 0. The molecule has 0 heterocycles. The third-order valence-corrected chi connectivity index (χ3v) is 7.18. The van der Waals surface area contributed by atoms with E-state index < -0.39 is 8.88 Å². The molecule has 0 aliphatic heterocycles. The van der Waals surface area contributed by atoms with Crippen LogP contribution in [0.4, 0.5) is 0 Å². The molecule has 0 radical (unpaired) electrons. The number of nitrogens with zero attached hydrogens (tertiary/aromatic N) is 2. The minimum absolute atomic E-state index is 0.708. The van der Waals surface area contributed by atoms with Gasteiger partial charge in [-0.1, -0.05) is 27.7 Å². The van der Waals surface area contributed by atoms with Crippen molar-refractivity contribution in [2.24, 2.45) is 0 Å². The summed E-state index contributed by atoms with van der Waals surface area (Å²) in [6.45, 7) is 18.1. The third-order valence-electron chi connectivity index (χ3n) is 2.99. The predicted molar refractivity (Wildman–Crippen MR) is 74.8 cm³/mol. The van der Waals surface area contributed by atoms with Gasteiger partial charge in [-0.2, -0.15) is 0 Å². The standard InChI is InChI=1S/C12H30N2O2Si/c1-7-13(8-2)17(15-11-5,16-12-6)14(9-3)10-4/h7-12H2,1-6H3. The molecule has 0 spiro atoms. The van der Waals surface area contributed by atoms with Gasteiger partial charge in [0.2, 0.25) is 0 Å². The van der Waals surface area contributed by atoms with E-state index in [1.54, 1.807) is 0 Å². The molecule has 0 aliphatic carbocycles. The van der Waals surface area contributed by atoms with Gasteiger partial charge in [0.05, 0.1) is 0 Å². The molecule has 0 atom stereocenters. The first kappa shape index (κ1) is 17.1. The number of hydrogen-bond donors (Lipinski definition) is 0. The molecule has 17 heavy (non-hydrogen) atoms. The smallest absolute Gasteiger partial charge is 0.371 e. The molecule has 0 fully saturated rings. The third kappa shape index (κ3) is 4.03. The minimum atomic E-state index is -2.39. The van der Waals surface area contributed by atoms with Gasteiger partial charge in [0.1, 0.15) is 0 Å². The molecule has 0 amide bonds. The van der Waals surface area contributed by atoms with Crippen molar-refractivity contribution in [2.75, 3.05) is 39.4 Å². The Morgan fingerprint density at radius 2 is 0.941 bits per heavy atom. The Hall–Kier alpha value is 0.0569. The van der Waals surface area contributed by atoms with Gasteiger partial charge in [0, 0.05) is 13.2 Å². The van der Waals surface area contributed by atoms with Crippen LogP contribution in [0, 0.1) is 0 Å². The molecule has 5 heteroatoms. The molecule has 0 saturated heterocycles. The van der Waals surface area contributed by atoms with Crippen molar-refractivity contribution in [3.8, 4) is 0 Å². The summed E-state index contributed by atoms with van der Waals surface area (Å²) in [5.41, 5.74) is 0. The van der Waals surface area contributed by atoms with E-state index in [-0.39, 0.29) is 0 Å². The van der Waals surface area contributed by atoms with Crippen LogP contribution in [0.5, 0.6) is 0 Å². The zero-order valence-electron chi connectivity index (χ0n) is 12.5. The summed E-state index contributed by atoms with van der Waals surface area (Å²) in [5.74, 6) is 0. The summed E-state index contributed by atoms with van der Waals surface area (Å²) < 4.78 is 17.0. The van der Waals surface area contributed by atoms with Crippen LogP contribution in [-0.4, -0.2) is 57.4 Å². The van der Waals surface area contributed by atoms with Gasteiger partial charge in [-0.05, 0) is 40.0 Å². The predicted octanol–water partition coefficient (Wildman–Crippen LogP) is 2.18. The topological polar surface area (TPSA) is 24.9 Å². The maximum absolute atomic E-state index is 6.13. The maximum atomic E-state index is 6.13. The molecule has 0 bridgehead atoms. The van der Waals surface area contributed by atoms with Crippen molar-refractivity contribution in [1.29, 1.82) is 0 Å². The fourth-order valence-electron chi connectivity index (χ4n) is 2.23. The van der Waals surface area contributed by atoms with Crippen LogP contribution in [0.1, 0.15) is 41.5 Å². The number of rotatable bonds is 10. The summed E-state index contributed by atoms with van der Waals surface area (Å²) in [6, 6.07) is 0. The van der Waals surface area contributed by atoms with Crippen LogP contribution in [0.2, 0.25) is 0 Å². The van der Waals surface area contributed by atoms with Crippen molar-refractivity contribution >= 4 is 8.88 Å². The summed E-state index contributed by atoms with van der Waals surface area (Å²) in [5, 5.41) is 0. The monoisotopic (exact) mass is 262 g/mol. The van der Waals surface area contributed by atoms with Crippen LogP contribution in [0.25, 0.3) is 0 Å². The maximum Gasteiger partial charge on any atom is 0.522 e. The van der Waals surface area contributed by atoms with Crippen LogP contribution < -0.4 is 0 Å². The average Bonchev–Trinajstić information content (AvgIpc) is 2.32. The van der Waals surface area contributed by atoms with E-state index in [1.807, 2.05) is 13.8 Å². The van der Waals surface area contributed by atoms with E-state index in [4.69, 9.17) is 8.85 Å². The second kappa shape index (κ2) is 9.05. The zero-order chi connectivity index (χ0) is 13.3. The fraction of sp³-hybridized carbons (Fsp3) is 1.00. The lowest BCUT2D eigenvalue weighted by Crippen LogP contribution is -2.69. The van der Waals surface area contributed by atoms with Crippen molar-refractivity contribution < 1.29 is 8.85 Å². The van der Waals surface area contributed by atoms with Crippen LogP contribution in [0.15, 0.2) is 0 Å². The minimum Gasteiger partial charge on any atom is -0.371 e. The lowest BCUT2D eigenvalue weighted by atomic mass is 10.7. The molecular formula is C12H30N2O2Si. The van der Waals surface area contributed by atoms with Crippen LogP contribution in [0.3, 0.4) is 0 Å². The SMILES string of the molecule is CCO[Si](OCC)(N(CC)CC)N(CC)CC. The molecule has 0 saturated carbocycles. The lowest BCUT2D eigenvalue weighted by molar-refractivity contribution is 0.0677. The molecule has 4 nitrogen and oxygen atoms in total. The van der Waals surface area contributed by atoms with E-state index in [9.17, 15) is 0 Å². The quantitative estimate of drug-likeness (QED) is 0.563. The van der Waals surface area contributed by atoms with Gasteiger partial charge < -0.3 is 8.85 Å². The van der Waals surface area contributed by atoms with Gasteiger partial charge in [-0.25, -0.2) is 0 Å². The first-order valence-corrected chi connectivity index (χ1v) is 8.65. The Labute approximate surface area is 108 Å². The van der Waals surface area contributed by atoms with Crippen molar-refractivity contribution in [3.05, 3.63) is 0 Å². The molecular weight excluding hydrogens is 232 g/mol. The first-order chi connectivity index (χ1) is 8.16. The summed E-state index contributed by atoms with van der Waals surface area (Å²) in [7, 11) is -2.39. The fourth-order valence-corrected chi connectivity index (χ4v) is 5.79. The Morgan fingerprint density at radius 1 is 0.647 bits per heavy atom. The Morgan fingerprint density at radius 3 is 1.12 bits per heavy atom. The van der Waals surface area contributed by atoms with Crippen molar-refractivity contribution in [1.82, 2.24) is 9.13 Å². The van der Waals surface area contributed by atoms with Crippen molar-refractivity contribution in [3.63, 3.8) is 0 Å². The molecule has 0 aromatic heterocycles. The van der Waals surface area contributed by atoms with Gasteiger partial charge in [-0.3, -0.25) is 9.13 Å². The summed E-state index contributed by atoms with van der Waals surface area (Å²) in [6.07, 6.45) is 0. The van der Waals surface area contributed by atoms with Crippen LogP contribution in [-0.2, 0) is 8.85 Å². The molecule has 0 aromatic carbocycles. The molecule has 0 aliphatic rings. The van der Waals surface area contributed by atoms with Gasteiger partial charge in [-0.15, -0.1) is 0 Å². The second-order valence-corrected chi connectivity index (χ2v) is 6.70. The van der Waals surface area contributed by atoms with Crippen molar-refractivity contribution in [2.45, 2.75) is 41.5 Å². The van der Waals surface area contributed by atoms with Gasteiger partial charge in [0.15, 0.2) is 0 Å². The molecule has 104 valence electrons. The molecule has 0 N–H and O–H groups in total. The van der Waals surface area contributed by atoms with E-state index in [0.717, 1.165) is 26.2 Å². The van der Waals surface area contributed by atoms with E-state index >= 15 is 0 Å². The highest BCUT2D eigenvalue weighted by Gasteiger charge is 2.49. The Kier molecular flexibility index (Phi) is 9.08. The van der Waals surface area contributed by atoms with Gasteiger partial charge >= 0.3 is 8.88 Å².